The number of hydrogen-bond acceptors (Lipinski definition) is 2. The van der Waals surface area contributed by atoms with Gasteiger partial charge in [0, 0.05) is 12.7 Å². The molecule has 1 aromatic heterocycles. The Hall–Kier alpha value is -0.620. The minimum absolute atomic E-state index is 0.168. The Labute approximate surface area is 94.0 Å². The van der Waals surface area contributed by atoms with Gasteiger partial charge in [-0.05, 0) is 40.5 Å². The lowest BCUT2D eigenvalue weighted by Gasteiger charge is -2.17. The van der Waals surface area contributed by atoms with Crippen LogP contribution < -0.4 is 5.32 Å². The number of nitrogens with zero attached hydrogens (tertiary/aromatic N) is 1. The van der Waals surface area contributed by atoms with Crippen LogP contribution in [-0.2, 0) is 6.54 Å². The number of hydrogen-bond donors (Lipinski definition) is 1. The lowest BCUT2D eigenvalue weighted by molar-refractivity contribution is -0.151. The lowest BCUT2D eigenvalue weighted by Crippen LogP contribution is -2.39. The summed E-state index contributed by atoms with van der Waals surface area (Å²) < 4.78 is 37.1. The number of rotatable bonds is 3. The van der Waals surface area contributed by atoms with E-state index in [0.29, 0.717) is 4.60 Å². The average Bonchev–Trinajstić information content (AvgIpc) is 2.12. The van der Waals surface area contributed by atoms with E-state index in [2.05, 4.69) is 26.2 Å². The zero-order valence-corrected chi connectivity index (χ0v) is 9.56. The summed E-state index contributed by atoms with van der Waals surface area (Å²) in [6, 6.07) is 1.83. The van der Waals surface area contributed by atoms with E-state index in [1.54, 1.807) is 18.3 Å². The van der Waals surface area contributed by atoms with Crippen molar-refractivity contribution in [1.82, 2.24) is 10.3 Å². The quantitative estimate of drug-likeness (QED) is 0.863. The molecule has 1 heterocycles. The van der Waals surface area contributed by atoms with E-state index in [1.807, 2.05) is 0 Å². The summed E-state index contributed by atoms with van der Waals surface area (Å²) in [5.74, 6) is 0. The molecule has 0 aromatic carbocycles. The van der Waals surface area contributed by atoms with Gasteiger partial charge in [-0.1, -0.05) is 0 Å². The Balaban J connectivity index is 2.51. The van der Waals surface area contributed by atoms with Crippen LogP contribution in [0.2, 0.25) is 0 Å². The van der Waals surface area contributed by atoms with Crippen LogP contribution >= 0.6 is 15.9 Å². The molecule has 15 heavy (non-hydrogen) atoms. The van der Waals surface area contributed by atoms with Crippen molar-refractivity contribution in [3.05, 3.63) is 28.5 Å². The van der Waals surface area contributed by atoms with Gasteiger partial charge in [0.1, 0.15) is 10.6 Å². The number of halogens is 4. The summed E-state index contributed by atoms with van der Waals surface area (Å²) in [7, 11) is 0. The first-order chi connectivity index (χ1) is 6.89. The largest absolute Gasteiger partial charge is 0.403 e. The van der Waals surface area contributed by atoms with Gasteiger partial charge in [0.25, 0.3) is 0 Å². The molecule has 0 amide bonds. The van der Waals surface area contributed by atoms with Crippen molar-refractivity contribution in [2.45, 2.75) is 25.7 Å². The second-order valence-electron chi connectivity index (χ2n) is 3.13. The molecule has 0 saturated carbocycles. The van der Waals surface area contributed by atoms with Crippen LogP contribution in [0.3, 0.4) is 0 Å². The molecular formula is C9H10BrF3N2. The Bertz CT molecular complexity index is 327. The zero-order valence-electron chi connectivity index (χ0n) is 7.98. The highest BCUT2D eigenvalue weighted by atomic mass is 79.9. The Morgan fingerprint density at radius 2 is 2.20 bits per heavy atom. The maximum atomic E-state index is 12.1. The van der Waals surface area contributed by atoms with Crippen molar-refractivity contribution in [2.75, 3.05) is 0 Å². The van der Waals surface area contributed by atoms with Gasteiger partial charge in [0.15, 0.2) is 0 Å². The summed E-state index contributed by atoms with van der Waals surface area (Å²) >= 11 is 3.15. The summed E-state index contributed by atoms with van der Waals surface area (Å²) in [4.78, 5) is 3.88. The molecule has 0 spiro atoms. The predicted octanol–water partition coefficient (Wildman–Crippen LogP) is 2.88. The monoisotopic (exact) mass is 282 g/mol. The van der Waals surface area contributed by atoms with Crippen molar-refractivity contribution in [1.29, 1.82) is 0 Å². The van der Waals surface area contributed by atoms with Gasteiger partial charge < -0.3 is 5.32 Å². The molecule has 0 aliphatic carbocycles. The fourth-order valence-corrected chi connectivity index (χ4v) is 1.35. The number of alkyl halides is 3. The van der Waals surface area contributed by atoms with E-state index in [4.69, 9.17) is 0 Å². The molecule has 0 aliphatic rings. The number of nitrogens with one attached hydrogen (secondary N) is 1. The molecule has 2 nitrogen and oxygen atoms in total. The molecule has 1 aromatic rings. The molecule has 0 saturated heterocycles. The Morgan fingerprint density at radius 3 is 2.73 bits per heavy atom. The normalized spacial score (nSPS) is 13.9. The van der Waals surface area contributed by atoms with Crippen LogP contribution in [0.5, 0.6) is 0 Å². The van der Waals surface area contributed by atoms with Crippen molar-refractivity contribution < 1.29 is 13.2 Å². The van der Waals surface area contributed by atoms with Crippen molar-refractivity contribution in [3.63, 3.8) is 0 Å². The van der Waals surface area contributed by atoms with Crippen molar-refractivity contribution in [2.24, 2.45) is 0 Å². The molecule has 0 bridgehead atoms. The van der Waals surface area contributed by atoms with Crippen LogP contribution in [-0.4, -0.2) is 17.2 Å². The van der Waals surface area contributed by atoms with Crippen molar-refractivity contribution >= 4 is 15.9 Å². The van der Waals surface area contributed by atoms with Gasteiger partial charge in [-0.25, -0.2) is 4.98 Å². The van der Waals surface area contributed by atoms with Gasteiger partial charge in [0.05, 0.1) is 0 Å². The van der Waals surface area contributed by atoms with E-state index < -0.39 is 12.2 Å². The van der Waals surface area contributed by atoms with Crippen LogP contribution in [0.25, 0.3) is 0 Å². The second kappa shape index (κ2) is 4.94. The van der Waals surface area contributed by atoms with E-state index in [0.717, 1.165) is 12.5 Å². The zero-order chi connectivity index (χ0) is 11.5. The highest BCUT2D eigenvalue weighted by Gasteiger charge is 2.35. The van der Waals surface area contributed by atoms with Crippen LogP contribution in [0.15, 0.2) is 22.9 Å². The predicted molar refractivity (Wildman–Crippen MR) is 54.3 cm³/mol. The summed E-state index contributed by atoms with van der Waals surface area (Å²) in [5.41, 5.74) is 0.757. The highest BCUT2D eigenvalue weighted by molar-refractivity contribution is 9.10. The van der Waals surface area contributed by atoms with Crippen LogP contribution in [0.1, 0.15) is 12.5 Å². The van der Waals surface area contributed by atoms with Gasteiger partial charge in [-0.15, -0.1) is 0 Å². The fourth-order valence-electron chi connectivity index (χ4n) is 0.939. The van der Waals surface area contributed by atoms with E-state index in [-0.39, 0.29) is 6.54 Å². The van der Waals surface area contributed by atoms with Gasteiger partial charge in [0.2, 0.25) is 0 Å². The third-order valence-corrected chi connectivity index (χ3v) is 2.33. The second-order valence-corrected chi connectivity index (χ2v) is 3.94. The molecule has 0 unspecified atom stereocenters. The topological polar surface area (TPSA) is 24.9 Å². The van der Waals surface area contributed by atoms with E-state index in [1.165, 1.54) is 0 Å². The molecule has 6 heteroatoms. The number of pyridine rings is 1. The van der Waals surface area contributed by atoms with Crippen LogP contribution in [0, 0.1) is 0 Å². The van der Waals surface area contributed by atoms with Crippen molar-refractivity contribution in [3.8, 4) is 0 Å². The molecule has 1 N–H and O–H groups in total. The summed E-state index contributed by atoms with van der Waals surface area (Å²) in [6.45, 7) is 1.26. The van der Waals surface area contributed by atoms with E-state index in [9.17, 15) is 13.2 Å². The van der Waals surface area contributed by atoms with Gasteiger partial charge in [-0.3, -0.25) is 0 Å². The molecule has 0 radical (unpaired) electrons. The molecule has 1 atom stereocenters. The Kier molecular flexibility index (Phi) is 4.10. The third kappa shape index (κ3) is 4.17. The molecule has 0 fully saturated rings. The number of aromatic nitrogens is 1. The lowest BCUT2D eigenvalue weighted by atomic mass is 10.2. The fraction of sp³-hybridized carbons (Fsp3) is 0.444. The van der Waals surface area contributed by atoms with Gasteiger partial charge >= 0.3 is 6.18 Å². The third-order valence-electron chi connectivity index (χ3n) is 1.89. The first-order valence-electron chi connectivity index (χ1n) is 4.30. The molecular weight excluding hydrogens is 273 g/mol. The summed E-state index contributed by atoms with van der Waals surface area (Å²) in [6.07, 6.45) is -2.66. The van der Waals surface area contributed by atoms with E-state index >= 15 is 0 Å². The van der Waals surface area contributed by atoms with Gasteiger partial charge in [-0.2, -0.15) is 13.2 Å². The molecule has 84 valence electrons. The SMILES string of the molecule is C[C@@H](NCc1ccnc(Br)c1)C(F)(F)F. The van der Waals surface area contributed by atoms with Crippen LogP contribution in [0.4, 0.5) is 13.2 Å². The Morgan fingerprint density at radius 1 is 1.53 bits per heavy atom. The smallest absolute Gasteiger partial charge is 0.302 e. The first-order valence-corrected chi connectivity index (χ1v) is 5.09. The standard InChI is InChI=1S/C9H10BrF3N2/c1-6(9(11,12)13)15-5-7-2-3-14-8(10)4-7/h2-4,6,15H,5H2,1H3/t6-/m1/s1. The minimum Gasteiger partial charge on any atom is -0.302 e. The minimum atomic E-state index is -4.20. The maximum Gasteiger partial charge on any atom is 0.403 e. The first kappa shape index (κ1) is 12.4. The highest BCUT2D eigenvalue weighted by Crippen LogP contribution is 2.20. The molecule has 1 rings (SSSR count). The maximum absolute atomic E-state index is 12.1. The summed E-state index contributed by atoms with van der Waals surface area (Å²) in [5, 5.41) is 2.39. The average molecular weight is 283 g/mol. The molecule has 0 aliphatic heterocycles.